The fraction of sp³-hybridized carbons (Fsp3) is 0.833. The van der Waals surface area contributed by atoms with Gasteiger partial charge in [-0.15, -0.1) is 0 Å². The van der Waals surface area contributed by atoms with E-state index in [1.165, 1.54) is 12.0 Å². The number of amides is 1. The van der Waals surface area contributed by atoms with Crippen molar-refractivity contribution >= 4 is 11.9 Å². The van der Waals surface area contributed by atoms with Crippen LogP contribution >= 0.6 is 0 Å². The SMILES string of the molecule is COCCN(CC(=O)O)C(=O)CC1CCOCC1. The monoisotopic (exact) mass is 259 g/mol. The average molecular weight is 259 g/mol. The van der Waals surface area contributed by atoms with E-state index in [-0.39, 0.29) is 12.5 Å². The second-order valence-corrected chi connectivity index (χ2v) is 4.46. The van der Waals surface area contributed by atoms with Crippen LogP contribution < -0.4 is 0 Å². The Bertz CT molecular complexity index is 276. The molecule has 1 fully saturated rings. The number of carbonyl (C=O) groups excluding carboxylic acids is 1. The Morgan fingerprint density at radius 1 is 1.39 bits per heavy atom. The van der Waals surface area contributed by atoms with Crippen molar-refractivity contribution < 1.29 is 24.2 Å². The molecule has 1 saturated heterocycles. The van der Waals surface area contributed by atoms with Crippen LogP contribution in [0.1, 0.15) is 19.3 Å². The van der Waals surface area contributed by atoms with Gasteiger partial charge in [0.05, 0.1) is 6.61 Å². The lowest BCUT2D eigenvalue weighted by Gasteiger charge is -2.25. The maximum absolute atomic E-state index is 12.0. The van der Waals surface area contributed by atoms with Gasteiger partial charge in [0.25, 0.3) is 0 Å². The Kier molecular flexibility index (Phi) is 6.67. The lowest BCUT2D eigenvalue weighted by atomic mass is 9.96. The minimum atomic E-state index is -0.994. The molecule has 6 nitrogen and oxygen atoms in total. The van der Waals surface area contributed by atoms with Gasteiger partial charge in [-0.2, -0.15) is 0 Å². The zero-order chi connectivity index (χ0) is 13.4. The summed E-state index contributed by atoms with van der Waals surface area (Å²) in [4.78, 5) is 24.1. The smallest absolute Gasteiger partial charge is 0.323 e. The van der Waals surface area contributed by atoms with Gasteiger partial charge in [0.15, 0.2) is 0 Å². The van der Waals surface area contributed by atoms with Crippen LogP contribution in [0.3, 0.4) is 0 Å². The molecule has 0 bridgehead atoms. The first-order valence-corrected chi connectivity index (χ1v) is 6.19. The number of carboxylic acid groups (broad SMARTS) is 1. The summed E-state index contributed by atoms with van der Waals surface area (Å²) in [5.74, 6) is -0.794. The van der Waals surface area contributed by atoms with Gasteiger partial charge in [0.1, 0.15) is 6.54 Å². The summed E-state index contributed by atoms with van der Waals surface area (Å²) in [7, 11) is 1.53. The Labute approximate surface area is 107 Å². The number of hydrogen-bond acceptors (Lipinski definition) is 4. The van der Waals surface area contributed by atoms with E-state index in [9.17, 15) is 9.59 Å². The molecule has 1 heterocycles. The molecule has 0 aromatic rings. The largest absolute Gasteiger partial charge is 0.480 e. The van der Waals surface area contributed by atoms with Crippen molar-refractivity contribution in [3.8, 4) is 0 Å². The van der Waals surface area contributed by atoms with Crippen molar-refractivity contribution in [2.75, 3.05) is 40.0 Å². The third-order valence-electron chi connectivity index (χ3n) is 3.05. The first-order chi connectivity index (χ1) is 8.63. The molecule has 0 aromatic carbocycles. The maximum Gasteiger partial charge on any atom is 0.323 e. The van der Waals surface area contributed by atoms with Gasteiger partial charge < -0.3 is 19.5 Å². The van der Waals surface area contributed by atoms with Crippen molar-refractivity contribution in [1.82, 2.24) is 4.90 Å². The number of methoxy groups -OCH3 is 1. The Morgan fingerprint density at radius 2 is 2.06 bits per heavy atom. The predicted molar refractivity (Wildman–Crippen MR) is 64.3 cm³/mol. The van der Waals surface area contributed by atoms with Gasteiger partial charge in [0, 0.05) is 33.3 Å². The van der Waals surface area contributed by atoms with Crippen molar-refractivity contribution in [3.05, 3.63) is 0 Å². The third-order valence-corrected chi connectivity index (χ3v) is 3.05. The van der Waals surface area contributed by atoms with Crippen LogP contribution in [0, 0.1) is 5.92 Å². The van der Waals surface area contributed by atoms with Crippen LogP contribution in [0.4, 0.5) is 0 Å². The van der Waals surface area contributed by atoms with Crippen molar-refractivity contribution in [1.29, 1.82) is 0 Å². The summed E-state index contributed by atoms with van der Waals surface area (Å²) in [5, 5.41) is 8.78. The Balaban J connectivity index is 2.43. The van der Waals surface area contributed by atoms with Crippen LogP contribution in [-0.4, -0.2) is 61.9 Å². The van der Waals surface area contributed by atoms with Gasteiger partial charge in [0.2, 0.25) is 5.91 Å². The van der Waals surface area contributed by atoms with Crippen molar-refractivity contribution in [3.63, 3.8) is 0 Å². The number of nitrogens with zero attached hydrogens (tertiary/aromatic N) is 1. The summed E-state index contributed by atoms with van der Waals surface area (Å²) in [6.45, 7) is 1.80. The highest BCUT2D eigenvalue weighted by Crippen LogP contribution is 2.19. The molecule has 0 radical (unpaired) electrons. The molecular formula is C12H21NO5. The number of aliphatic carboxylic acids is 1. The third kappa shape index (κ3) is 5.46. The lowest BCUT2D eigenvalue weighted by molar-refractivity contribution is -0.145. The van der Waals surface area contributed by atoms with Gasteiger partial charge in [-0.1, -0.05) is 0 Å². The highest BCUT2D eigenvalue weighted by Gasteiger charge is 2.22. The van der Waals surface area contributed by atoms with E-state index in [0.29, 0.717) is 38.7 Å². The number of carbonyl (C=O) groups is 2. The maximum atomic E-state index is 12.0. The molecular weight excluding hydrogens is 238 g/mol. The summed E-state index contributed by atoms with van der Waals surface area (Å²) in [6.07, 6.45) is 2.15. The van der Waals surface area contributed by atoms with Gasteiger partial charge in [-0.3, -0.25) is 9.59 Å². The fourth-order valence-electron chi connectivity index (χ4n) is 1.98. The molecule has 18 heavy (non-hydrogen) atoms. The standard InChI is InChI=1S/C12H21NO5/c1-17-7-4-13(9-12(15)16)11(14)8-10-2-5-18-6-3-10/h10H,2-9H2,1H3,(H,15,16). The molecule has 6 heteroatoms. The van der Waals surface area contributed by atoms with E-state index < -0.39 is 5.97 Å². The highest BCUT2D eigenvalue weighted by molar-refractivity contribution is 5.81. The predicted octanol–water partition coefficient (Wildman–Crippen LogP) is 0.363. The lowest BCUT2D eigenvalue weighted by Crippen LogP contribution is -2.39. The second-order valence-electron chi connectivity index (χ2n) is 4.46. The molecule has 1 N–H and O–H groups in total. The molecule has 104 valence electrons. The minimum absolute atomic E-state index is 0.110. The molecule has 0 aromatic heterocycles. The number of carboxylic acids is 1. The van der Waals surface area contributed by atoms with Gasteiger partial charge >= 0.3 is 5.97 Å². The van der Waals surface area contributed by atoms with Crippen LogP contribution in [0.2, 0.25) is 0 Å². The fourth-order valence-corrected chi connectivity index (χ4v) is 1.98. The van der Waals surface area contributed by atoms with Crippen LogP contribution in [0.5, 0.6) is 0 Å². The molecule has 1 aliphatic rings. The van der Waals surface area contributed by atoms with E-state index in [2.05, 4.69) is 0 Å². The second kappa shape index (κ2) is 8.05. The first kappa shape index (κ1) is 14.9. The average Bonchev–Trinajstić information content (AvgIpc) is 2.35. The van der Waals surface area contributed by atoms with Crippen molar-refractivity contribution in [2.45, 2.75) is 19.3 Å². The highest BCUT2D eigenvalue weighted by atomic mass is 16.5. The van der Waals surface area contributed by atoms with E-state index in [1.54, 1.807) is 0 Å². The summed E-state index contributed by atoms with van der Waals surface area (Å²) < 4.78 is 10.1. The van der Waals surface area contributed by atoms with Crippen LogP contribution in [0.15, 0.2) is 0 Å². The summed E-state index contributed by atoms with van der Waals surface area (Å²) >= 11 is 0. The molecule has 0 unspecified atom stereocenters. The van der Waals surface area contributed by atoms with Crippen LogP contribution in [0.25, 0.3) is 0 Å². The first-order valence-electron chi connectivity index (χ1n) is 6.19. The van der Waals surface area contributed by atoms with Gasteiger partial charge in [-0.05, 0) is 18.8 Å². The molecule has 0 spiro atoms. The molecule has 0 aliphatic carbocycles. The van der Waals surface area contributed by atoms with E-state index in [0.717, 1.165) is 12.8 Å². The Hall–Kier alpha value is -1.14. The van der Waals surface area contributed by atoms with Crippen LogP contribution in [-0.2, 0) is 19.1 Å². The van der Waals surface area contributed by atoms with Gasteiger partial charge in [-0.25, -0.2) is 0 Å². The topological polar surface area (TPSA) is 76.1 Å². The quantitative estimate of drug-likeness (QED) is 0.714. The molecule has 1 rings (SSSR count). The van der Waals surface area contributed by atoms with E-state index >= 15 is 0 Å². The Morgan fingerprint density at radius 3 is 2.61 bits per heavy atom. The normalized spacial score (nSPS) is 16.5. The molecule has 0 atom stereocenters. The number of hydrogen-bond donors (Lipinski definition) is 1. The van der Waals surface area contributed by atoms with Crippen molar-refractivity contribution in [2.24, 2.45) is 5.92 Å². The molecule has 1 aliphatic heterocycles. The zero-order valence-corrected chi connectivity index (χ0v) is 10.8. The number of ether oxygens (including phenoxy) is 2. The minimum Gasteiger partial charge on any atom is -0.480 e. The number of rotatable bonds is 7. The van der Waals surface area contributed by atoms with E-state index in [4.69, 9.17) is 14.6 Å². The zero-order valence-electron chi connectivity index (χ0n) is 10.8. The molecule has 1 amide bonds. The summed E-state index contributed by atoms with van der Waals surface area (Å²) in [5.41, 5.74) is 0. The molecule has 0 saturated carbocycles. The summed E-state index contributed by atoms with van der Waals surface area (Å²) in [6, 6.07) is 0. The van der Waals surface area contributed by atoms with E-state index in [1.807, 2.05) is 0 Å².